The second-order valence-corrected chi connectivity index (χ2v) is 7.81. The number of carboxylic acid groups (broad SMARTS) is 1. The summed E-state index contributed by atoms with van der Waals surface area (Å²) in [5.74, 6) is -0.712. The SMILES string of the molecule is COC(C(=O)O)C1CCN(Cc2nc3c(s2)CCCCC3)CC1. The van der Waals surface area contributed by atoms with Gasteiger partial charge in [0.25, 0.3) is 0 Å². The number of aryl methyl sites for hydroxylation is 2. The second-order valence-electron chi connectivity index (χ2n) is 6.65. The largest absolute Gasteiger partial charge is 0.479 e. The molecule has 6 heteroatoms. The zero-order valence-corrected chi connectivity index (χ0v) is 14.6. The Hall–Kier alpha value is -0.980. The third-order valence-electron chi connectivity index (χ3n) is 5.06. The van der Waals surface area contributed by atoms with Gasteiger partial charge in [0.05, 0.1) is 12.2 Å². The topological polar surface area (TPSA) is 62.7 Å². The maximum atomic E-state index is 11.2. The number of hydrogen-bond acceptors (Lipinski definition) is 5. The molecule has 23 heavy (non-hydrogen) atoms. The van der Waals surface area contributed by atoms with E-state index >= 15 is 0 Å². The van der Waals surface area contributed by atoms with Gasteiger partial charge in [-0.1, -0.05) is 6.42 Å². The molecule has 1 saturated heterocycles. The molecule has 1 aliphatic carbocycles. The average Bonchev–Trinajstić information content (AvgIpc) is 2.78. The van der Waals surface area contributed by atoms with Crippen molar-refractivity contribution in [2.24, 2.45) is 5.92 Å². The highest BCUT2D eigenvalue weighted by Crippen LogP contribution is 2.28. The summed E-state index contributed by atoms with van der Waals surface area (Å²) in [4.78, 5) is 20.0. The quantitative estimate of drug-likeness (QED) is 0.837. The van der Waals surface area contributed by atoms with Gasteiger partial charge in [0.2, 0.25) is 0 Å². The molecule has 0 amide bonds. The van der Waals surface area contributed by atoms with E-state index in [1.54, 1.807) is 0 Å². The van der Waals surface area contributed by atoms with Crippen molar-refractivity contribution in [2.45, 2.75) is 57.6 Å². The molecule has 2 aliphatic rings. The minimum atomic E-state index is -0.838. The number of fused-ring (bicyclic) bond motifs is 1. The summed E-state index contributed by atoms with van der Waals surface area (Å²) in [5, 5.41) is 10.4. The Labute approximate surface area is 141 Å². The number of nitrogens with zero attached hydrogens (tertiary/aromatic N) is 2. The van der Waals surface area contributed by atoms with Crippen molar-refractivity contribution >= 4 is 17.3 Å². The van der Waals surface area contributed by atoms with Gasteiger partial charge in [-0.15, -0.1) is 11.3 Å². The van der Waals surface area contributed by atoms with E-state index in [2.05, 4.69) is 4.90 Å². The van der Waals surface area contributed by atoms with Gasteiger partial charge in [0, 0.05) is 12.0 Å². The first kappa shape index (κ1) is 16.9. The van der Waals surface area contributed by atoms with E-state index in [1.807, 2.05) is 11.3 Å². The highest BCUT2D eigenvalue weighted by atomic mass is 32.1. The van der Waals surface area contributed by atoms with Gasteiger partial charge in [-0.05, 0) is 57.5 Å². The number of piperidine rings is 1. The number of rotatable bonds is 5. The molecule has 1 N–H and O–H groups in total. The number of carbonyl (C=O) groups is 1. The number of likely N-dealkylation sites (tertiary alicyclic amines) is 1. The van der Waals surface area contributed by atoms with E-state index in [1.165, 1.54) is 48.4 Å². The van der Waals surface area contributed by atoms with Crippen LogP contribution in [0.15, 0.2) is 0 Å². The minimum Gasteiger partial charge on any atom is -0.479 e. The zero-order valence-electron chi connectivity index (χ0n) is 13.8. The Bertz CT molecular complexity index is 514. The van der Waals surface area contributed by atoms with E-state index in [4.69, 9.17) is 9.72 Å². The number of ether oxygens (including phenoxy) is 1. The number of aromatic nitrogens is 1. The smallest absolute Gasteiger partial charge is 0.333 e. The van der Waals surface area contributed by atoms with Gasteiger partial charge in [0.15, 0.2) is 6.10 Å². The van der Waals surface area contributed by atoms with Crippen molar-refractivity contribution in [3.63, 3.8) is 0 Å². The van der Waals surface area contributed by atoms with Crippen LogP contribution in [-0.2, 0) is 28.9 Å². The first-order chi connectivity index (χ1) is 11.2. The number of methoxy groups -OCH3 is 1. The van der Waals surface area contributed by atoms with Gasteiger partial charge in [-0.3, -0.25) is 4.90 Å². The third kappa shape index (κ3) is 4.11. The molecular weight excluding hydrogens is 312 g/mol. The molecule has 0 spiro atoms. The van der Waals surface area contributed by atoms with Crippen LogP contribution in [0, 0.1) is 5.92 Å². The Morgan fingerprint density at radius 3 is 2.78 bits per heavy atom. The molecule has 1 atom stereocenters. The normalized spacial score (nSPS) is 21.6. The molecule has 1 unspecified atom stereocenters. The Balaban J connectivity index is 1.54. The van der Waals surface area contributed by atoms with Crippen LogP contribution in [0.2, 0.25) is 0 Å². The summed E-state index contributed by atoms with van der Waals surface area (Å²) in [7, 11) is 1.49. The highest BCUT2D eigenvalue weighted by Gasteiger charge is 2.31. The molecule has 0 aromatic carbocycles. The van der Waals surface area contributed by atoms with E-state index in [0.717, 1.165) is 38.9 Å². The lowest BCUT2D eigenvalue weighted by Crippen LogP contribution is -2.41. The fraction of sp³-hybridized carbons (Fsp3) is 0.765. The average molecular weight is 338 g/mol. The van der Waals surface area contributed by atoms with Gasteiger partial charge in [0.1, 0.15) is 5.01 Å². The molecule has 0 saturated carbocycles. The monoisotopic (exact) mass is 338 g/mol. The first-order valence-electron chi connectivity index (χ1n) is 8.62. The van der Waals surface area contributed by atoms with Gasteiger partial charge >= 0.3 is 5.97 Å². The van der Waals surface area contributed by atoms with Crippen molar-refractivity contribution < 1.29 is 14.6 Å². The first-order valence-corrected chi connectivity index (χ1v) is 9.44. The van der Waals surface area contributed by atoms with Crippen LogP contribution in [0.5, 0.6) is 0 Å². The van der Waals surface area contributed by atoms with Crippen LogP contribution in [0.4, 0.5) is 0 Å². The van der Waals surface area contributed by atoms with Crippen LogP contribution in [0.3, 0.4) is 0 Å². The van der Waals surface area contributed by atoms with E-state index < -0.39 is 12.1 Å². The van der Waals surface area contributed by atoms with E-state index in [-0.39, 0.29) is 5.92 Å². The van der Waals surface area contributed by atoms with Crippen LogP contribution < -0.4 is 0 Å². The summed E-state index contributed by atoms with van der Waals surface area (Å²) >= 11 is 1.89. The molecule has 0 bridgehead atoms. The van der Waals surface area contributed by atoms with Crippen LogP contribution >= 0.6 is 11.3 Å². The second kappa shape index (κ2) is 7.73. The summed E-state index contributed by atoms with van der Waals surface area (Å²) in [6, 6.07) is 0. The lowest BCUT2D eigenvalue weighted by molar-refractivity contribution is -0.153. The number of aliphatic carboxylic acids is 1. The zero-order chi connectivity index (χ0) is 16.2. The van der Waals surface area contributed by atoms with Crippen LogP contribution in [0.1, 0.15) is 47.7 Å². The van der Waals surface area contributed by atoms with Crippen LogP contribution in [-0.4, -0.2) is 47.3 Å². The third-order valence-corrected chi connectivity index (χ3v) is 6.20. The Kier molecular flexibility index (Phi) is 5.67. The van der Waals surface area contributed by atoms with Crippen molar-refractivity contribution in [1.29, 1.82) is 0 Å². The standard InChI is InChI=1S/C17H26N2O3S/c1-22-16(17(20)21)12-7-9-19(10-8-12)11-15-18-13-5-3-2-4-6-14(13)23-15/h12,16H,2-11H2,1H3,(H,20,21). The summed E-state index contributed by atoms with van der Waals surface area (Å²) in [6.45, 7) is 2.78. The fourth-order valence-corrected chi connectivity index (χ4v) is 4.95. The Morgan fingerprint density at radius 2 is 2.09 bits per heavy atom. The minimum absolute atomic E-state index is 0.127. The molecule has 1 aromatic heterocycles. The molecule has 1 aromatic rings. The lowest BCUT2D eigenvalue weighted by Gasteiger charge is -2.33. The number of hydrogen-bond donors (Lipinski definition) is 1. The molecule has 3 rings (SSSR count). The molecule has 2 heterocycles. The summed E-state index contributed by atoms with van der Waals surface area (Å²) < 4.78 is 5.14. The fourth-order valence-electron chi connectivity index (χ4n) is 3.75. The molecule has 128 valence electrons. The predicted octanol–water partition coefficient (Wildman–Crippen LogP) is 2.72. The predicted molar refractivity (Wildman–Crippen MR) is 89.8 cm³/mol. The van der Waals surface area contributed by atoms with Gasteiger partial charge in [-0.25, -0.2) is 9.78 Å². The van der Waals surface area contributed by atoms with E-state index in [0.29, 0.717) is 0 Å². The van der Waals surface area contributed by atoms with Crippen molar-refractivity contribution in [3.8, 4) is 0 Å². The molecule has 1 aliphatic heterocycles. The number of thiazole rings is 1. The van der Waals surface area contributed by atoms with Crippen molar-refractivity contribution in [1.82, 2.24) is 9.88 Å². The molecule has 1 fully saturated rings. The highest BCUT2D eigenvalue weighted by molar-refractivity contribution is 7.11. The molecule has 5 nitrogen and oxygen atoms in total. The van der Waals surface area contributed by atoms with Gasteiger partial charge < -0.3 is 9.84 Å². The maximum Gasteiger partial charge on any atom is 0.333 e. The summed E-state index contributed by atoms with van der Waals surface area (Å²) in [5.41, 5.74) is 1.34. The van der Waals surface area contributed by atoms with Gasteiger partial charge in [-0.2, -0.15) is 0 Å². The summed E-state index contributed by atoms with van der Waals surface area (Å²) in [6.07, 6.45) is 7.35. The van der Waals surface area contributed by atoms with E-state index in [9.17, 15) is 9.90 Å². The lowest BCUT2D eigenvalue weighted by atomic mass is 9.91. The molecule has 0 radical (unpaired) electrons. The maximum absolute atomic E-state index is 11.2. The van der Waals surface area contributed by atoms with Crippen LogP contribution in [0.25, 0.3) is 0 Å². The molecular formula is C17H26N2O3S. The van der Waals surface area contributed by atoms with Crippen molar-refractivity contribution in [3.05, 3.63) is 15.6 Å². The Morgan fingerprint density at radius 1 is 1.35 bits per heavy atom. The van der Waals surface area contributed by atoms with Crippen molar-refractivity contribution in [2.75, 3.05) is 20.2 Å². The number of carboxylic acids is 1.